The van der Waals surface area contributed by atoms with Gasteiger partial charge >= 0.3 is 0 Å². The van der Waals surface area contributed by atoms with E-state index >= 15 is 0 Å². The van der Waals surface area contributed by atoms with Crippen LogP contribution in [0.15, 0.2) is 12.2 Å². The van der Waals surface area contributed by atoms with Crippen LogP contribution in [0.4, 0.5) is 0 Å². The highest BCUT2D eigenvalue weighted by molar-refractivity contribution is 5.76. The van der Waals surface area contributed by atoms with E-state index in [2.05, 4.69) is 19.2 Å². The lowest BCUT2D eigenvalue weighted by atomic mass is 9.96. The van der Waals surface area contributed by atoms with Crippen molar-refractivity contribution in [3.8, 4) is 0 Å². The number of allylic oxidation sites excluding steroid dienone is 1. The molecule has 3 aliphatic rings. The first-order valence-corrected chi connectivity index (χ1v) is 29.9. The summed E-state index contributed by atoms with van der Waals surface area (Å²) < 4.78 is 34.0. The number of ether oxygens (including phenoxy) is 6. The van der Waals surface area contributed by atoms with Crippen molar-refractivity contribution < 1.29 is 89.4 Å². The summed E-state index contributed by atoms with van der Waals surface area (Å²) in [6, 6.07) is -0.964. The molecule has 0 bridgehead atoms. The molecule has 19 nitrogen and oxygen atoms in total. The van der Waals surface area contributed by atoms with Gasteiger partial charge in [0, 0.05) is 6.42 Å². The van der Waals surface area contributed by atoms with Crippen LogP contribution in [0.3, 0.4) is 0 Å². The number of carbonyl (C=O) groups excluding carboxylic acids is 1. The molecule has 0 aliphatic carbocycles. The molecule has 3 fully saturated rings. The average Bonchev–Trinajstić information content (AvgIpc) is 3.42. The van der Waals surface area contributed by atoms with Crippen molar-refractivity contribution in [2.45, 2.75) is 317 Å². The number of amides is 1. The van der Waals surface area contributed by atoms with Crippen LogP contribution < -0.4 is 5.32 Å². The number of hydrogen-bond donors (Lipinski definition) is 12. The van der Waals surface area contributed by atoms with E-state index in [4.69, 9.17) is 28.4 Å². The SMILES string of the molecule is CCCCCCCCCCCCCCCCCCCCCCCCCCC/C=C/C(O)C(COC1OC(CO)C(OC2OC(CO)C(OC3OC(CO)C(O)C(O)C3O)C(O)C2O)C(O)C1O)NC(=O)CCCCCC. The zero-order valence-corrected chi connectivity index (χ0v) is 46.5. The third-order valence-electron chi connectivity index (χ3n) is 15.3. The maximum absolute atomic E-state index is 13.0. The molecule has 17 unspecified atom stereocenters. The van der Waals surface area contributed by atoms with Gasteiger partial charge in [0.05, 0.1) is 38.6 Å². The fraction of sp³-hybridized carbons (Fsp3) is 0.947. The van der Waals surface area contributed by atoms with Crippen LogP contribution in [0, 0.1) is 0 Å². The highest BCUT2D eigenvalue weighted by atomic mass is 16.8. The molecule has 12 N–H and O–H groups in total. The van der Waals surface area contributed by atoms with Crippen LogP contribution in [0.1, 0.15) is 213 Å². The van der Waals surface area contributed by atoms with E-state index in [-0.39, 0.29) is 18.9 Å². The quantitative estimate of drug-likeness (QED) is 0.0283. The monoisotopic (exact) mass is 1090 g/mol. The lowest BCUT2D eigenvalue weighted by Gasteiger charge is -2.48. The zero-order valence-electron chi connectivity index (χ0n) is 46.5. The molecule has 76 heavy (non-hydrogen) atoms. The molecule has 0 radical (unpaired) electrons. The van der Waals surface area contributed by atoms with Gasteiger partial charge in [0.25, 0.3) is 0 Å². The Balaban J connectivity index is 1.36. The van der Waals surface area contributed by atoms with Crippen molar-refractivity contribution in [1.82, 2.24) is 5.32 Å². The van der Waals surface area contributed by atoms with Gasteiger partial charge in [0.15, 0.2) is 18.9 Å². The van der Waals surface area contributed by atoms with Crippen LogP contribution >= 0.6 is 0 Å². The first-order valence-electron chi connectivity index (χ1n) is 29.9. The van der Waals surface area contributed by atoms with Crippen LogP contribution in [0.25, 0.3) is 0 Å². The molecule has 1 amide bonds. The number of aliphatic hydroxyl groups excluding tert-OH is 11. The smallest absolute Gasteiger partial charge is 0.220 e. The Kier molecular flexibility index (Phi) is 37.6. The number of unbranched alkanes of at least 4 members (excludes halogenated alkanes) is 28. The predicted octanol–water partition coefficient (Wildman–Crippen LogP) is 4.99. The maximum Gasteiger partial charge on any atom is 0.220 e. The van der Waals surface area contributed by atoms with Gasteiger partial charge in [-0.05, 0) is 19.3 Å². The number of carbonyl (C=O) groups is 1. The van der Waals surface area contributed by atoms with Crippen LogP contribution in [-0.2, 0) is 33.2 Å². The summed E-state index contributed by atoms with van der Waals surface area (Å²) in [6.45, 7) is 1.58. The second-order valence-corrected chi connectivity index (χ2v) is 21.8. The Morgan fingerprint density at radius 2 is 0.816 bits per heavy atom. The van der Waals surface area contributed by atoms with Crippen molar-refractivity contribution >= 4 is 5.91 Å². The van der Waals surface area contributed by atoms with Crippen molar-refractivity contribution in [2.75, 3.05) is 26.4 Å². The van der Waals surface area contributed by atoms with Crippen LogP contribution in [0.5, 0.6) is 0 Å². The Morgan fingerprint density at radius 1 is 0.461 bits per heavy atom. The molecule has 0 saturated carbocycles. The Morgan fingerprint density at radius 3 is 1.24 bits per heavy atom. The zero-order chi connectivity index (χ0) is 55.5. The molecule has 0 aromatic carbocycles. The third kappa shape index (κ3) is 25.5. The number of aliphatic hydroxyl groups is 11. The fourth-order valence-electron chi connectivity index (χ4n) is 10.4. The standard InChI is InChI=1S/C57H107NO18/c1-3-5-7-9-10-11-12-13-14-15-16-17-18-19-20-21-22-23-24-25-26-27-28-29-30-31-32-34-41(62)40(58-45(63)35-33-8-6-4-2)39-71-55-51(69)48(66)53(43(37-60)73-55)76-57-52(70)49(67)54(44(38-61)74-57)75-56-50(68)47(65)46(64)42(36-59)72-56/h32,34,40-44,46-57,59-62,64-70H,3-31,33,35-39H2,1-2H3,(H,58,63)/b34-32+. The molecule has 3 aliphatic heterocycles. The third-order valence-corrected chi connectivity index (χ3v) is 15.3. The molecule has 3 saturated heterocycles. The summed E-state index contributed by atoms with van der Waals surface area (Å²) in [7, 11) is 0. The minimum absolute atomic E-state index is 0.237. The van der Waals surface area contributed by atoms with E-state index in [1.54, 1.807) is 6.08 Å². The molecule has 0 aromatic rings. The molecule has 0 aromatic heterocycles. The Hall–Kier alpha value is -1.47. The summed E-state index contributed by atoms with van der Waals surface area (Å²) in [5.74, 6) is -0.292. The highest BCUT2D eigenvalue weighted by Gasteiger charge is 2.53. The second kappa shape index (κ2) is 41.5. The van der Waals surface area contributed by atoms with E-state index in [9.17, 15) is 61.0 Å². The lowest BCUT2D eigenvalue weighted by molar-refractivity contribution is -0.379. The van der Waals surface area contributed by atoms with E-state index in [1.807, 2.05) is 6.08 Å². The number of rotatable bonds is 44. The van der Waals surface area contributed by atoms with Gasteiger partial charge in [-0.15, -0.1) is 0 Å². The van der Waals surface area contributed by atoms with E-state index in [0.717, 1.165) is 44.9 Å². The molecule has 3 rings (SSSR count). The minimum atomic E-state index is -1.97. The van der Waals surface area contributed by atoms with Crippen molar-refractivity contribution in [1.29, 1.82) is 0 Å². The van der Waals surface area contributed by atoms with Crippen LogP contribution in [0.2, 0.25) is 0 Å². The Bertz CT molecular complexity index is 1450. The summed E-state index contributed by atoms with van der Waals surface area (Å²) in [4.78, 5) is 13.0. The highest BCUT2D eigenvalue weighted by Crippen LogP contribution is 2.33. The second-order valence-electron chi connectivity index (χ2n) is 21.8. The van der Waals surface area contributed by atoms with E-state index in [1.165, 1.54) is 141 Å². The average molecular weight is 1090 g/mol. The van der Waals surface area contributed by atoms with Gasteiger partial charge in [-0.3, -0.25) is 4.79 Å². The molecule has 448 valence electrons. The topological polar surface area (TPSA) is 307 Å². The Labute approximate surface area is 455 Å². The van der Waals surface area contributed by atoms with Gasteiger partial charge in [-0.1, -0.05) is 199 Å². The van der Waals surface area contributed by atoms with Crippen molar-refractivity contribution in [3.05, 3.63) is 12.2 Å². The first kappa shape index (κ1) is 68.8. The summed E-state index contributed by atoms with van der Waals surface area (Å²) in [6.07, 6.45) is 14.5. The summed E-state index contributed by atoms with van der Waals surface area (Å²) in [5, 5.41) is 119. The normalized spacial score (nSPS) is 31.0. The van der Waals surface area contributed by atoms with E-state index < -0.39 is 124 Å². The number of hydrogen-bond acceptors (Lipinski definition) is 18. The molecule has 0 spiro atoms. The van der Waals surface area contributed by atoms with Crippen LogP contribution in [-0.4, -0.2) is 193 Å². The van der Waals surface area contributed by atoms with E-state index in [0.29, 0.717) is 6.42 Å². The molecular formula is C57H107NO18. The van der Waals surface area contributed by atoms with Gasteiger partial charge in [0.1, 0.15) is 73.2 Å². The molecule has 19 heteroatoms. The fourth-order valence-corrected chi connectivity index (χ4v) is 10.4. The van der Waals surface area contributed by atoms with Crippen molar-refractivity contribution in [3.63, 3.8) is 0 Å². The lowest BCUT2D eigenvalue weighted by Crippen LogP contribution is -2.66. The first-order chi connectivity index (χ1) is 36.8. The molecule has 17 atom stereocenters. The van der Waals surface area contributed by atoms with Crippen molar-refractivity contribution in [2.24, 2.45) is 0 Å². The largest absolute Gasteiger partial charge is 0.394 e. The molecular weight excluding hydrogens is 987 g/mol. The van der Waals surface area contributed by atoms with Gasteiger partial charge in [-0.2, -0.15) is 0 Å². The maximum atomic E-state index is 13.0. The number of nitrogens with one attached hydrogen (secondary N) is 1. The van der Waals surface area contributed by atoms with Gasteiger partial charge in [-0.25, -0.2) is 0 Å². The minimum Gasteiger partial charge on any atom is -0.394 e. The predicted molar refractivity (Wildman–Crippen MR) is 287 cm³/mol. The summed E-state index contributed by atoms with van der Waals surface area (Å²) in [5.41, 5.74) is 0. The summed E-state index contributed by atoms with van der Waals surface area (Å²) >= 11 is 0. The van der Waals surface area contributed by atoms with Gasteiger partial charge in [0.2, 0.25) is 5.91 Å². The van der Waals surface area contributed by atoms with Gasteiger partial charge < -0.3 is 89.9 Å². The molecule has 3 heterocycles.